The van der Waals surface area contributed by atoms with Crippen LogP contribution in [0.4, 0.5) is 0 Å². The van der Waals surface area contributed by atoms with Gasteiger partial charge in [-0.2, -0.15) is 0 Å². The van der Waals surface area contributed by atoms with E-state index in [4.69, 9.17) is 14.0 Å². The van der Waals surface area contributed by atoms with E-state index in [0.29, 0.717) is 11.3 Å². The fraction of sp³-hybridized carbons (Fsp3) is 0.188. The molecule has 3 heterocycles. The quantitative estimate of drug-likeness (QED) is 0.133. The molecular weight excluding hydrogens is 554 g/mol. The molecule has 5 rings (SSSR count). The molecule has 10 heteroatoms. The standard InChI is InChI=1S/C32H27N3O6S/c1-3-4-7-17-23-20-42-31-26(33-29(36)25(34-39-2)24-18-12-19-40-24)30(37)35(31)27(23)32(38)41-28(21-13-8-5-9-14-21)22-15-10-6-11-16-22/h5-19,26,28,31H,20H2,1-2H3,(H,33,36)/b17-7+,34-25-/t26-,31-/m1/s1. The van der Waals surface area contributed by atoms with E-state index in [-0.39, 0.29) is 17.2 Å². The molecule has 42 heavy (non-hydrogen) atoms. The maximum Gasteiger partial charge on any atom is 0.356 e. The number of fused-ring (bicyclic) bond motifs is 1. The number of hydrogen-bond donors (Lipinski definition) is 1. The number of allylic oxidation sites excluding steroid dienone is 2. The van der Waals surface area contributed by atoms with Crippen LogP contribution in [0.15, 0.2) is 112 Å². The van der Waals surface area contributed by atoms with E-state index in [0.717, 1.165) is 11.1 Å². The number of carbonyl (C=O) groups excluding carboxylic acids is 3. The molecule has 1 aromatic heterocycles. The zero-order chi connectivity index (χ0) is 29.5. The number of nitrogens with one attached hydrogen (secondary N) is 1. The van der Waals surface area contributed by atoms with Crippen LogP contribution in [0.25, 0.3) is 0 Å². The Balaban J connectivity index is 1.43. The molecule has 2 atom stereocenters. The summed E-state index contributed by atoms with van der Waals surface area (Å²) in [5.74, 6) is 4.48. The second kappa shape index (κ2) is 13.1. The van der Waals surface area contributed by atoms with E-state index >= 15 is 0 Å². The number of β-lactam (4-membered cyclic amide) rings is 1. The Morgan fingerprint density at radius 1 is 1.10 bits per heavy atom. The third-order valence-corrected chi connectivity index (χ3v) is 7.87. The van der Waals surface area contributed by atoms with E-state index in [1.807, 2.05) is 60.7 Å². The monoisotopic (exact) mass is 581 g/mol. The molecule has 0 aliphatic carbocycles. The van der Waals surface area contributed by atoms with Gasteiger partial charge in [-0.15, -0.1) is 17.7 Å². The zero-order valence-electron chi connectivity index (χ0n) is 22.9. The lowest BCUT2D eigenvalue weighted by Crippen LogP contribution is -2.71. The number of hydrogen-bond acceptors (Lipinski definition) is 8. The molecule has 3 aromatic rings. The van der Waals surface area contributed by atoms with Crippen LogP contribution in [0.1, 0.15) is 29.9 Å². The van der Waals surface area contributed by atoms with Gasteiger partial charge < -0.3 is 19.3 Å². The number of rotatable bonds is 9. The highest BCUT2D eigenvalue weighted by Crippen LogP contribution is 2.42. The van der Waals surface area contributed by atoms with Crippen molar-refractivity contribution in [2.75, 3.05) is 12.9 Å². The Labute approximate surface area is 247 Å². The average molecular weight is 582 g/mol. The normalized spacial score (nSPS) is 18.2. The van der Waals surface area contributed by atoms with Crippen molar-refractivity contribution in [3.63, 3.8) is 0 Å². The summed E-state index contributed by atoms with van der Waals surface area (Å²) in [5.41, 5.74) is 2.18. The summed E-state index contributed by atoms with van der Waals surface area (Å²) < 4.78 is 11.4. The van der Waals surface area contributed by atoms with Gasteiger partial charge in [0.15, 0.2) is 11.9 Å². The fourth-order valence-electron chi connectivity index (χ4n) is 4.65. The summed E-state index contributed by atoms with van der Waals surface area (Å²) in [7, 11) is 1.31. The van der Waals surface area contributed by atoms with E-state index in [9.17, 15) is 14.4 Å². The molecule has 0 bridgehead atoms. The van der Waals surface area contributed by atoms with Gasteiger partial charge in [0.25, 0.3) is 11.8 Å². The van der Waals surface area contributed by atoms with E-state index in [1.165, 1.54) is 30.0 Å². The lowest BCUT2D eigenvalue weighted by Gasteiger charge is -2.49. The number of furan rings is 1. The van der Waals surface area contributed by atoms with E-state index < -0.39 is 35.3 Å². The van der Waals surface area contributed by atoms with Crippen molar-refractivity contribution in [2.24, 2.45) is 5.16 Å². The fourth-order valence-corrected chi connectivity index (χ4v) is 5.96. The van der Waals surface area contributed by atoms with Crippen LogP contribution >= 0.6 is 11.8 Å². The van der Waals surface area contributed by atoms with Gasteiger partial charge in [-0.1, -0.05) is 71.7 Å². The van der Waals surface area contributed by atoms with Crippen LogP contribution in [-0.4, -0.2) is 52.7 Å². The first-order valence-corrected chi connectivity index (χ1v) is 14.1. The smallest absolute Gasteiger partial charge is 0.356 e. The number of benzene rings is 2. The summed E-state index contributed by atoms with van der Waals surface area (Å²) >= 11 is 1.42. The number of thioether (sulfide) groups is 1. The molecule has 1 N–H and O–H groups in total. The number of amides is 2. The molecule has 0 spiro atoms. The maximum absolute atomic E-state index is 13.9. The zero-order valence-corrected chi connectivity index (χ0v) is 23.7. The second-order valence-corrected chi connectivity index (χ2v) is 10.3. The van der Waals surface area contributed by atoms with Crippen molar-refractivity contribution in [3.8, 4) is 11.8 Å². The first-order chi connectivity index (χ1) is 20.5. The SMILES string of the molecule is CC#C/C=C/C1=C(C(=O)OC(c2ccccc2)c2ccccc2)N2C(=O)[C@@H](NC(=O)/C(=N\OC)c3ccco3)[C@H]2SC1. The highest BCUT2D eigenvalue weighted by molar-refractivity contribution is 8.00. The Kier molecular flexibility index (Phi) is 8.90. The molecule has 1 fully saturated rings. The maximum atomic E-state index is 13.9. The van der Waals surface area contributed by atoms with Crippen LogP contribution in [0, 0.1) is 11.8 Å². The number of nitrogens with zero attached hydrogens (tertiary/aromatic N) is 2. The van der Waals surface area contributed by atoms with Gasteiger partial charge in [0.2, 0.25) is 5.71 Å². The van der Waals surface area contributed by atoms with E-state index in [1.54, 1.807) is 31.2 Å². The molecule has 1 saturated heterocycles. The van der Waals surface area contributed by atoms with Gasteiger partial charge in [-0.25, -0.2) is 4.79 Å². The Hall–Kier alpha value is -5.01. The number of oxime groups is 1. The van der Waals surface area contributed by atoms with Crippen molar-refractivity contribution >= 4 is 35.3 Å². The molecule has 9 nitrogen and oxygen atoms in total. The Morgan fingerprint density at radius 2 is 1.79 bits per heavy atom. The van der Waals surface area contributed by atoms with Crippen LogP contribution < -0.4 is 5.32 Å². The van der Waals surface area contributed by atoms with Gasteiger partial charge in [0.1, 0.15) is 24.2 Å². The molecule has 2 amide bonds. The van der Waals surface area contributed by atoms with Crippen molar-refractivity contribution in [2.45, 2.75) is 24.4 Å². The Bertz CT molecular complexity index is 1560. The van der Waals surface area contributed by atoms with Gasteiger partial charge >= 0.3 is 5.97 Å². The average Bonchev–Trinajstić information content (AvgIpc) is 3.56. The van der Waals surface area contributed by atoms with Crippen molar-refractivity contribution in [1.29, 1.82) is 0 Å². The van der Waals surface area contributed by atoms with Gasteiger partial charge in [-0.3, -0.25) is 14.5 Å². The largest absolute Gasteiger partial charge is 0.462 e. The van der Waals surface area contributed by atoms with Crippen LogP contribution in [-0.2, 0) is 24.0 Å². The molecule has 0 radical (unpaired) electrons. The van der Waals surface area contributed by atoms with Crippen LogP contribution in [0.5, 0.6) is 0 Å². The topological polar surface area (TPSA) is 110 Å². The minimum Gasteiger partial charge on any atom is -0.462 e. The molecule has 2 aromatic carbocycles. The first-order valence-electron chi connectivity index (χ1n) is 13.1. The van der Waals surface area contributed by atoms with E-state index in [2.05, 4.69) is 22.3 Å². The summed E-state index contributed by atoms with van der Waals surface area (Å²) in [6.45, 7) is 1.71. The highest BCUT2D eigenvalue weighted by Gasteiger charge is 2.54. The third-order valence-electron chi connectivity index (χ3n) is 6.57. The number of esters is 1. The lowest BCUT2D eigenvalue weighted by atomic mass is 10.0. The molecule has 2 aliphatic rings. The van der Waals surface area contributed by atoms with Crippen molar-refractivity contribution < 1.29 is 28.4 Å². The summed E-state index contributed by atoms with van der Waals surface area (Å²) in [4.78, 5) is 46.7. The minimum absolute atomic E-state index is 0.111. The highest BCUT2D eigenvalue weighted by atomic mass is 32.2. The predicted octanol–water partition coefficient (Wildman–Crippen LogP) is 4.20. The van der Waals surface area contributed by atoms with Gasteiger partial charge in [0, 0.05) is 5.75 Å². The first kappa shape index (κ1) is 28.5. The molecular formula is C32H27N3O6S. The molecule has 2 aliphatic heterocycles. The predicted molar refractivity (Wildman–Crippen MR) is 158 cm³/mol. The number of ether oxygens (including phenoxy) is 1. The van der Waals surface area contributed by atoms with Gasteiger partial charge in [0.05, 0.1) is 6.26 Å². The Morgan fingerprint density at radius 3 is 2.38 bits per heavy atom. The van der Waals surface area contributed by atoms with Crippen molar-refractivity contribution in [3.05, 3.63) is 119 Å². The van der Waals surface area contributed by atoms with Crippen molar-refractivity contribution in [1.82, 2.24) is 10.2 Å². The van der Waals surface area contributed by atoms with Crippen LogP contribution in [0.2, 0.25) is 0 Å². The summed E-state index contributed by atoms with van der Waals surface area (Å²) in [6.07, 6.45) is 4.06. The number of carbonyl (C=O) groups is 3. The minimum atomic E-state index is -0.901. The summed E-state index contributed by atoms with van der Waals surface area (Å²) in [5, 5.41) is 5.95. The molecule has 0 unspecified atom stereocenters. The summed E-state index contributed by atoms with van der Waals surface area (Å²) in [6, 6.07) is 21.1. The molecule has 212 valence electrons. The van der Waals surface area contributed by atoms with Crippen LogP contribution in [0.3, 0.4) is 0 Å². The second-order valence-electron chi connectivity index (χ2n) is 9.17. The third kappa shape index (κ3) is 5.87. The lowest BCUT2D eigenvalue weighted by molar-refractivity contribution is -0.154. The molecule has 0 saturated carbocycles. The van der Waals surface area contributed by atoms with Gasteiger partial charge in [-0.05, 0) is 47.9 Å².